The van der Waals surface area contributed by atoms with E-state index in [1.165, 1.54) is 12.1 Å². The fourth-order valence-corrected chi connectivity index (χ4v) is 2.29. The smallest absolute Gasteiger partial charge is 0.335 e. The summed E-state index contributed by atoms with van der Waals surface area (Å²) in [6.45, 7) is 2.62. The number of nitrogens with one attached hydrogen (secondary N) is 1. The highest BCUT2D eigenvalue weighted by atomic mass is 16.4. The van der Waals surface area contributed by atoms with E-state index in [2.05, 4.69) is 5.32 Å². The van der Waals surface area contributed by atoms with Crippen molar-refractivity contribution in [3.8, 4) is 0 Å². The number of amides is 2. The molecule has 1 fully saturated rings. The van der Waals surface area contributed by atoms with Crippen LogP contribution in [0.2, 0.25) is 0 Å². The minimum absolute atomic E-state index is 0.170. The molecule has 0 saturated carbocycles. The van der Waals surface area contributed by atoms with Gasteiger partial charge in [0.2, 0.25) is 0 Å². The number of likely N-dealkylation sites (tertiary alicyclic amines) is 1. The SMILES string of the molecule is CC1(O)CCCN(C(=O)Nc2ccc(C(=O)O)cc2)C1. The quantitative estimate of drug-likeness (QED) is 0.769. The summed E-state index contributed by atoms with van der Waals surface area (Å²) >= 11 is 0. The van der Waals surface area contributed by atoms with E-state index >= 15 is 0 Å². The minimum atomic E-state index is -1.00. The number of aromatic carboxylic acids is 1. The molecular formula is C14H18N2O4. The number of carboxylic acid groups (broad SMARTS) is 1. The number of carbonyl (C=O) groups excluding carboxylic acids is 1. The number of hydrogen-bond donors (Lipinski definition) is 3. The Balaban J connectivity index is 1.99. The van der Waals surface area contributed by atoms with Gasteiger partial charge in [0.15, 0.2) is 0 Å². The van der Waals surface area contributed by atoms with Gasteiger partial charge in [-0.3, -0.25) is 0 Å². The lowest BCUT2D eigenvalue weighted by atomic mass is 9.95. The van der Waals surface area contributed by atoms with E-state index in [1.54, 1.807) is 24.0 Å². The first kappa shape index (κ1) is 14.3. The van der Waals surface area contributed by atoms with Gasteiger partial charge < -0.3 is 20.4 Å². The van der Waals surface area contributed by atoms with E-state index in [-0.39, 0.29) is 11.6 Å². The molecule has 108 valence electrons. The first-order valence-corrected chi connectivity index (χ1v) is 6.49. The minimum Gasteiger partial charge on any atom is -0.478 e. The molecule has 1 saturated heterocycles. The lowest BCUT2D eigenvalue weighted by Gasteiger charge is -2.36. The Morgan fingerprint density at radius 2 is 1.95 bits per heavy atom. The van der Waals surface area contributed by atoms with Crippen LogP contribution >= 0.6 is 0 Å². The van der Waals surface area contributed by atoms with Gasteiger partial charge in [-0.25, -0.2) is 9.59 Å². The highest BCUT2D eigenvalue weighted by Crippen LogP contribution is 2.21. The van der Waals surface area contributed by atoms with Crippen molar-refractivity contribution < 1.29 is 19.8 Å². The Morgan fingerprint density at radius 3 is 2.50 bits per heavy atom. The van der Waals surface area contributed by atoms with E-state index < -0.39 is 11.6 Å². The van der Waals surface area contributed by atoms with Crippen LogP contribution in [0.4, 0.5) is 10.5 Å². The number of rotatable bonds is 2. The van der Waals surface area contributed by atoms with Crippen LogP contribution in [0.5, 0.6) is 0 Å². The Kier molecular flexibility index (Phi) is 3.94. The number of carbonyl (C=O) groups is 2. The van der Waals surface area contributed by atoms with Crippen molar-refractivity contribution in [3.63, 3.8) is 0 Å². The molecule has 6 nitrogen and oxygen atoms in total. The maximum absolute atomic E-state index is 12.1. The zero-order valence-corrected chi connectivity index (χ0v) is 11.3. The third-order valence-electron chi connectivity index (χ3n) is 3.35. The molecule has 1 aliphatic heterocycles. The predicted octanol–water partition coefficient (Wildman–Crippen LogP) is 1.76. The number of nitrogens with zero attached hydrogens (tertiary/aromatic N) is 1. The van der Waals surface area contributed by atoms with Crippen LogP contribution in [-0.2, 0) is 0 Å². The molecular weight excluding hydrogens is 260 g/mol. The second kappa shape index (κ2) is 5.50. The predicted molar refractivity (Wildman–Crippen MR) is 73.9 cm³/mol. The maximum atomic E-state index is 12.1. The summed E-state index contributed by atoms with van der Waals surface area (Å²) in [6.07, 6.45) is 1.45. The van der Waals surface area contributed by atoms with Crippen molar-refractivity contribution in [2.75, 3.05) is 18.4 Å². The molecule has 1 aliphatic rings. The van der Waals surface area contributed by atoms with E-state index in [9.17, 15) is 14.7 Å². The van der Waals surface area contributed by atoms with Gasteiger partial charge in [0.25, 0.3) is 0 Å². The van der Waals surface area contributed by atoms with Crippen LogP contribution in [0.15, 0.2) is 24.3 Å². The van der Waals surface area contributed by atoms with Crippen LogP contribution in [0, 0.1) is 0 Å². The first-order chi connectivity index (χ1) is 9.37. The van der Waals surface area contributed by atoms with Crippen molar-refractivity contribution >= 4 is 17.7 Å². The topological polar surface area (TPSA) is 89.9 Å². The number of carboxylic acids is 1. The number of hydrogen-bond acceptors (Lipinski definition) is 3. The molecule has 0 radical (unpaired) electrons. The van der Waals surface area contributed by atoms with E-state index in [0.717, 1.165) is 6.42 Å². The third-order valence-corrected chi connectivity index (χ3v) is 3.35. The van der Waals surface area contributed by atoms with Gasteiger partial charge in [0.1, 0.15) is 0 Å². The van der Waals surface area contributed by atoms with Crippen LogP contribution in [0.25, 0.3) is 0 Å². The third kappa shape index (κ3) is 3.48. The van der Waals surface area contributed by atoms with Gasteiger partial charge in [-0.05, 0) is 44.0 Å². The second-order valence-electron chi connectivity index (χ2n) is 5.33. The van der Waals surface area contributed by atoms with E-state index in [0.29, 0.717) is 25.2 Å². The summed E-state index contributed by atoms with van der Waals surface area (Å²) in [4.78, 5) is 24.4. The number of piperidine rings is 1. The Morgan fingerprint density at radius 1 is 1.30 bits per heavy atom. The molecule has 2 amide bonds. The highest BCUT2D eigenvalue weighted by molar-refractivity contribution is 5.91. The summed E-state index contributed by atoms with van der Waals surface area (Å²) in [7, 11) is 0. The largest absolute Gasteiger partial charge is 0.478 e. The van der Waals surface area contributed by atoms with Crippen molar-refractivity contribution in [2.45, 2.75) is 25.4 Å². The number of aliphatic hydroxyl groups is 1. The van der Waals surface area contributed by atoms with Crippen LogP contribution < -0.4 is 5.32 Å². The monoisotopic (exact) mass is 278 g/mol. The van der Waals surface area contributed by atoms with Crippen LogP contribution in [-0.4, -0.2) is 45.8 Å². The van der Waals surface area contributed by atoms with Gasteiger partial charge in [-0.2, -0.15) is 0 Å². The fourth-order valence-electron chi connectivity index (χ4n) is 2.29. The Bertz CT molecular complexity index is 510. The lowest BCUT2D eigenvalue weighted by molar-refractivity contribution is -0.000638. The molecule has 0 aromatic heterocycles. The molecule has 0 aliphatic carbocycles. The molecule has 0 spiro atoms. The molecule has 0 bridgehead atoms. The number of anilines is 1. The van der Waals surface area contributed by atoms with Gasteiger partial charge in [-0.15, -0.1) is 0 Å². The standard InChI is InChI=1S/C14H18N2O4/c1-14(20)7-2-8-16(9-14)13(19)15-11-5-3-10(4-6-11)12(17)18/h3-6,20H,2,7-9H2,1H3,(H,15,19)(H,17,18). The molecule has 20 heavy (non-hydrogen) atoms. The molecule has 1 aromatic rings. The van der Waals surface area contributed by atoms with E-state index in [1.807, 2.05) is 0 Å². The zero-order chi connectivity index (χ0) is 14.8. The number of β-amino-alcohol motifs (C(OH)–C–C–N with tert-alkyl or cyclic N) is 1. The highest BCUT2D eigenvalue weighted by Gasteiger charge is 2.30. The lowest BCUT2D eigenvalue weighted by Crippen LogP contribution is -2.49. The molecule has 1 unspecified atom stereocenters. The Labute approximate surface area is 117 Å². The average Bonchev–Trinajstić information content (AvgIpc) is 2.38. The van der Waals surface area contributed by atoms with Crippen molar-refractivity contribution in [2.24, 2.45) is 0 Å². The second-order valence-corrected chi connectivity index (χ2v) is 5.33. The van der Waals surface area contributed by atoms with Crippen molar-refractivity contribution in [1.82, 2.24) is 4.90 Å². The molecule has 1 aromatic carbocycles. The zero-order valence-electron chi connectivity index (χ0n) is 11.3. The number of urea groups is 1. The summed E-state index contributed by atoms with van der Waals surface area (Å²) < 4.78 is 0. The number of benzene rings is 1. The van der Waals surface area contributed by atoms with Crippen LogP contribution in [0.3, 0.4) is 0 Å². The molecule has 1 atom stereocenters. The summed E-state index contributed by atoms with van der Waals surface area (Å²) in [5.74, 6) is -1.00. The molecule has 6 heteroatoms. The van der Waals surface area contributed by atoms with Gasteiger partial charge in [0, 0.05) is 12.2 Å². The normalized spacial score (nSPS) is 22.4. The molecule has 3 N–H and O–H groups in total. The Hall–Kier alpha value is -2.08. The van der Waals surface area contributed by atoms with Crippen molar-refractivity contribution in [1.29, 1.82) is 0 Å². The summed E-state index contributed by atoms with van der Waals surface area (Å²) in [5.41, 5.74) is -0.142. The molecule has 1 heterocycles. The first-order valence-electron chi connectivity index (χ1n) is 6.49. The molecule has 2 rings (SSSR count). The summed E-state index contributed by atoms with van der Waals surface area (Å²) in [6, 6.07) is 5.68. The average molecular weight is 278 g/mol. The van der Waals surface area contributed by atoms with Gasteiger partial charge >= 0.3 is 12.0 Å². The van der Waals surface area contributed by atoms with Crippen molar-refractivity contribution in [3.05, 3.63) is 29.8 Å². The van der Waals surface area contributed by atoms with Gasteiger partial charge in [0.05, 0.1) is 17.7 Å². The van der Waals surface area contributed by atoms with Crippen LogP contribution in [0.1, 0.15) is 30.1 Å². The summed E-state index contributed by atoms with van der Waals surface area (Å²) in [5, 5.41) is 21.5. The maximum Gasteiger partial charge on any atom is 0.335 e. The van der Waals surface area contributed by atoms with E-state index in [4.69, 9.17) is 5.11 Å². The van der Waals surface area contributed by atoms with Gasteiger partial charge in [-0.1, -0.05) is 0 Å². The fraction of sp³-hybridized carbons (Fsp3) is 0.429.